The molecule has 0 amide bonds. The summed E-state index contributed by atoms with van der Waals surface area (Å²) < 4.78 is 5.21. The van der Waals surface area contributed by atoms with Crippen LogP contribution >= 0.6 is 0 Å². The largest absolute Gasteiger partial charge is 0.550 e. The van der Waals surface area contributed by atoms with Gasteiger partial charge >= 0.3 is 0 Å². The second kappa shape index (κ2) is 4.50. The number of rotatable bonds is 4. The Labute approximate surface area is 77.0 Å². The van der Waals surface area contributed by atoms with Gasteiger partial charge in [-0.2, -0.15) is 0 Å². The van der Waals surface area contributed by atoms with Crippen molar-refractivity contribution in [2.75, 3.05) is 6.61 Å². The van der Waals surface area contributed by atoms with Gasteiger partial charge in [0, 0.05) is 12.4 Å². The highest BCUT2D eigenvalue weighted by Crippen LogP contribution is 2.13. The fraction of sp³-hybridized carbons (Fsp3) is 0.300. The van der Waals surface area contributed by atoms with Gasteiger partial charge in [-0.1, -0.05) is 12.1 Å². The van der Waals surface area contributed by atoms with Crippen LogP contribution in [0.15, 0.2) is 24.3 Å². The third-order valence-corrected chi connectivity index (χ3v) is 1.56. The summed E-state index contributed by atoms with van der Waals surface area (Å²) in [5.41, 5.74) is 0.700. The van der Waals surface area contributed by atoms with Crippen LogP contribution in [-0.4, -0.2) is 12.6 Å². The fourth-order valence-electron chi connectivity index (χ4n) is 1.08. The Hall–Kier alpha value is -1.51. The molecule has 3 heteroatoms. The SMILES string of the molecule is CCOc1cccc(CC(=O)[O-])c1. The molecule has 0 aliphatic heterocycles. The molecule has 3 nitrogen and oxygen atoms in total. The second-order valence-electron chi connectivity index (χ2n) is 2.63. The van der Waals surface area contributed by atoms with Gasteiger partial charge in [0.15, 0.2) is 0 Å². The third kappa shape index (κ3) is 3.15. The number of benzene rings is 1. The molecule has 0 heterocycles. The molecule has 1 rings (SSSR count). The molecule has 0 aliphatic carbocycles. The number of aliphatic carboxylic acids is 1. The zero-order chi connectivity index (χ0) is 9.68. The molecule has 0 spiro atoms. The molecule has 0 aromatic heterocycles. The van der Waals surface area contributed by atoms with E-state index >= 15 is 0 Å². The highest BCUT2D eigenvalue weighted by Gasteiger charge is 1.96. The molecule has 0 N–H and O–H groups in total. The number of hydrogen-bond donors (Lipinski definition) is 0. The lowest BCUT2D eigenvalue weighted by Gasteiger charge is -2.06. The van der Waals surface area contributed by atoms with Crippen LogP contribution in [0.25, 0.3) is 0 Å². The van der Waals surface area contributed by atoms with Crippen LogP contribution in [0.5, 0.6) is 5.75 Å². The predicted molar refractivity (Wildman–Crippen MR) is 46.3 cm³/mol. The first-order valence-corrected chi connectivity index (χ1v) is 4.14. The van der Waals surface area contributed by atoms with Gasteiger partial charge in [-0.25, -0.2) is 0 Å². The molecule has 0 saturated carbocycles. The van der Waals surface area contributed by atoms with E-state index in [1.807, 2.05) is 6.92 Å². The van der Waals surface area contributed by atoms with Crippen molar-refractivity contribution in [1.82, 2.24) is 0 Å². The van der Waals surface area contributed by atoms with Crippen LogP contribution in [0.4, 0.5) is 0 Å². The Balaban J connectivity index is 2.73. The van der Waals surface area contributed by atoms with Crippen molar-refractivity contribution in [3.63, 3.8) is 0 Å². The Morgan fingerprint density at radius 2 is 2.31 bits per heavy atom. The minimum absolute atomic E-state index is 0.0685. The normalized spacial score (nSPS) is 9.62. The van der Waals surface area contributed by atoms with Crippen LogP contribution < -0.4 is 9.84 Å². The quantitative estimate of drug-likeness (QED) is 0.671. The molecule has 70 valence electrons. The Kier molecular flexibility index (Phi) is 3.31. The number of carbonyl (C=O) groups is 1. The number of carboxylic acid groups (broad SMARTS) is 1. The standard InChI is InChI=1S/C10H12O3/c1-2-13-9-5-3-4-8(6-9)7-10(11)12/h3-6H,2,7H2,1H3,(H,11,12)/p-1. The van der Waals surface area contributed by atoms with Crippen molar-refractivity contribution in [3.05, 3.63) is 29.8 Å². The van der Waals surface area contributed by atoms with Gasteiger partial charge in [0.1, 0.15) is 5.75 Å². The van der Waals surface area contributed by atoms with E-state index in [2.05, 4.69) is 0 Å². The highest BCUT2D eigenvalue weighted by molar-refractivity contribution is 5.68. The lowest BCUT2D eigenvalue weighted by molar-refractivity contribution is -0.304. The minimum atomic E-state index is -1.08. The van der Waals surface area contributed by atoms with Gasteiger partial charge in [0.2, 0.25) is 0 Å². The molecule has 13 heavy (non-hydrogen) atoms. The number of hydrogen-bond acceptors (Lipinski definition) is 3. The summed E-state index contributed by atoms with van der Waals surface area (Å²) in [6.45, 7) is 2.46. The van der Waals surface area contributed by atoms with Crippen LogP contribution in [0.3, 0.4) is 0 Å². The summed E-state index contributed by atoms with van der Waals surface area (Å²) in [5, 5.41) is 10.3. The molecule has 0 saturated heterocycles. The van der Waals surface area contributed by atoms with Gasteiger partial charge in [-0.05, 0) is 24.6 Å². The van der Waals surface area contributed by atoms with E-state index in [1.54, 1.807) is 24.3 Å². The van der Waals surface area contributed by atoms with Gasteiger partial charge < -0.3 is 14.6 Å². The Morgan fingerprint density at radius 3 is 2.92 bits per heavy atom. The van der Waals surface area contributed by atoms with Crippen LogP contribution in [-0.2, 0) is 11.2 Å². The van der Waals surface area contributed by atoms with E-state index in [0.29, 0.717) is 17.9 Å². The van der Waals surface area contributed by atoms with Gasteiger partial charge in [0.05, 0.1) is 6.61 Å². The van der Waals surface area contributed by atoms with Crippen molar-refractivity contribution in [3.8, 4) is 5.75 Å². The molecule has 0 atom stereocenters. The Morgan fingerprint density at radius 1 is 1.54 bits per heavy atom. The first-order valence-electron chi connectivity index (χ1n) is 4.14. The van der Waals surface area contributed by atoms with E-state index in [9.17, 15) is 9.90 Å². The average molecular weight is 179 g/mol. The zero-order valence-corrected chi connectivity index (χ0v) is 7.45. The lowest BCUT2D eigenvalue weighted by Crippen LogP contribution is -2.24. The number of ether oxygens (including phenoxy) is 1. The second-order valence-corrected chi connectivity index (χ2v) is 2.63. The summed E-state index contributed by atoms with van der Waals surface area (Å²) in [6.07, 6.45) is -0.0685. The topological polar surface area (TPSA) is 49.4 Å². The number of carboxylic acids is 1. The molecule has 0 fully saturated rings. The molecule has 1 aromatic rings. The van der Waals surface area contributed by atoms with E-state index in [4.69, 9.17) is 4.74 Å². The van der Waals surface area contributed by atoms with Gasteiger partial charge in [-0.3, -0.25) is 0 Å². The maximum absolute atomic E-state index is 10.3. The molecular formula is C10H11O3-. The molecule has 0 unspecified atom stereocenters. The van der Waals surface area contributed by atoms with Gasteiger partial charge in [-0.15, -0.1) is 0 Å². The van der Waals surface area contributed by atoms with Crippen LogP contribution in [0.1, 0.15) is 12.5 Å². The fourth-order valence-corrected chi connectivity index (χ4v) is 1.08. The van der Waals surface area contributed by atoms with E-state index in [1.165, 1.54) is 0 Å². The van der Waals surface area contributed by atoms with Crippen molar-refractivity contribution >= 4 is 5.97 Å². The van der Waals surface area contributed by atoms with Crippen LogP contribution in [0.2, 0.25) is 0 Å². The highest BCUT2D eigenvalue weighted by atomic mass is 16.5. The smallest absolute Gasteiger partial charge is 0.119 e. The average Bonchev–Trinajstić information content (AvgIpc) is 2.04. The summed E-state index contributed by atoms with van der Waals surface area (Å²) in [7, 11) is 0. The van der Waals surface area contributed by atoms with E-state index in [0.717, 1.165) is 0 Å². The summed E-state index contributed by atoms with van der Waals surface area (Å²) >= 11 is 0. The van der Waals surface area contributed by atoms with Crippen LogP contribution in [0, 0.1) is 0 Å². The minimum Gasteiger partial charge on any atom is -0.550 e. The van der Waals surface area contributed by atoms with Crippen molar-refractivity contribution < 1.29 is 14.6 Å². The first-order chi connectivity index (χ1) is 6.22. The monoisotopic (exact) mass is 179 g/mol. The lowest BCUT2D eigenvalue weighted by atomic mass is 10.1. The van der Waals surface area contributed by atoms with Crippen molar-refractivity contribution in [1.29, 1.82) is 0 Å². The third-order valence-electron chi connectivity index (χ3n) is 1.56. The molecular weight excluding hydrogens is 168 g/mol. The van der Waals surface area contributed by atoms with Gasteiger partial charge in [0.25, 0.3) is 0 Å². The van der Waals surface area contributed by atoms with Crippen molar-refractivity contribution in [2.45, 2.75) is 13.3 Å². The maximum Gasteiger partial charge on any atom is 0.119 e. The molecule has 1 aromatic carbocycles. The van der Waals surface area contributed by atoms with Crippen molar-refractivity contribution in [2.24, 2.45) is 0 Å². The summed E-state index contributed by atoms with van der Waals surface area (Å²) in [4.78, 5) is 10.3. The Bertz CT molecular complexity index is 294. The first kappa shape index (κ1) is 9.58. The van der Waals surface area contributed by atoms with E-state index < -0.39 is 5.97 Å². The number of carbonyl (C=O) groups excluding carboxylic acids is 1. The molecule has 0 bridgehead atoms. The maximum atomic E-state index is 10.3. The molecule has 0 aliphatic rings. The van der Waals surface area contributed by atoms with E-state index in [-0.39, 0.29) is 6.42 Å². The summed E-state index contributed by atoms with van der Waals surface area (Å²) in [6, 6.07) is 7.00. The predicted octanol–water partition coefficient (Wildman–Crippen LogP) is 0.378. The summed E-state index contributed by atoms with van der Waals surface area (Å²) in [5.74, 6) is -0.380. The zero-order valence-electron chi connectivity index (χ0n) is 7.45. The molecule has 0 radical (unpaired) electrons.